The van der Waals surface area contributed by atoms with Crippen LogP contribution in [0.5, 0.6) is 5.75 Å². The normalized spacial score (nSPS) is 10.5. The van der Waals surface area contributed by atoms with Crippen LogP contribution in [-0.2, 0) is 0 Å². The molecule has 0 amide bonds. The van der Waals surface area contributed by atoms with E-state index in [1.165, 1.54) is 0 Å². The highest BCUT2D eigenvalue weighted by Crippen LogP contribution is 2.26. The fourth-order valence-corrected chi connectivity index (χ4v) is 1.80. The van der Waals surface area contributed by atoms with Gasteiger partial charge in [-0.3, -0.25) is 5.41 Å². The number of hydrogen-bond acceptors (Lipinski definition) is 3. The Bertz CT molecular complexity index is 578. The molecule has 1 heterocycles. The maximum Gasteiger partial charge on any atom is 0.145 e. The fraction of sp³-hybridized carbons (Fsp3) is 0.231. The van der Waals surface area contributed by atoms with Crippen molar-refractivity contribution in [3.8, 4) is 5.75 Å². The van der Waals surface area contributed by atoms with E-state index in [1.807, 2.05) is 38.1 Å². The van der Waals surface area contributed by atoms with Gasteiger partial charge in [-0.05, 0) is 31.5 Å². The predicted octanol–water partition coefficient (Wildman–Crippen LogP) is 2.23. The summed E-state index contributed by atoms with van der Waals surface area (Å²) in [6.45, 7) is 4.50. The van der Waals surface area contributed by atoms with Crippen molar-refractivity contribution in [2.24, 2.45) is 5.73 Å². The van der Waals surface area contributed by atoms with E-state index in [9.17, 15) is 0 Å². The molecule has 1 aromatic heterocycles. The molecule has 0 spiro atoms. The summed E-state index contributed by atoms with van der Waals surface area (Å²) in [6, 6.07) is 7.63. The lowest BCUT2D eigenvalue weighted by atomic mass is 10.1. The first-order valence-corrected chi connectivity index (χ1v) is 5.51. The van der Waals surface area contributed by atoms with Gasteiger partial charge in [0.25, 0.3) is 0 Å². The summed E-state index contributed by atoms with van der Waals surface area (Å²) in [5.41, 5.74) is 7.77. The minimum Gasteiger partial charge on any atom is -0.492 e. The number of aromatic nitrogens is 1. The van der Waals surface area contributed by atoms with Gasteiger partial charge in [-0.1, -0.05) is 12.1 Å². The van der Waals surface area contributed by atoms with Crippen molar-refractivity contribution in [3.05, 3.63) is 35.5 Å². The average molecular weight is 229 g/mol. The van der Waals surface area contributed by atoms with Crippen LogP contribution in [0, 0.1) is 12.3 Å². The molecule has 17 heavy (non-hydrogen) atoms. The molecule has 4 heteroatoms. The molecule has 88 valence electrons. The van der Waals surface area contributed by atoms with Gasteiger partial charge in [0.15, 0.2) is 0 Å². The highest BCUT2D eigenvalue weighted by atomic mass is 16.5. The van der Waals surface area contributed by atoms with Gasteiger partial charge in [-0.2, -0.15) is 0 Å². The average Bonchev–Trinajstić information content (AvgIpc) is 2.30. The molecule has 0 aliphatic heterocycles. The maximum atomic E-state index is 7.45. The summed E-state index contributed by atoms with van der Waals surface area (Å²) < 4.78 is 5.54. The lowest BCUT2D eigenvalue weighted by Crippen LogP contribution is -2.13. The van der Waals surface area contributed by atoms with Crippen LogP contribution < -0.4 is 10.5 Å². The number of rotatable bonds is 3. The Morgan fingerprint density at radius 1 is 1.47 bits per heavy atom. The molecule has 0 fully saturated rings. The van der Waals surface area contributed by atoms with E-state index in [-0.39, 0.29) is 5.84 Å². The number of amidine groups is 1. The summed E-state index contributed by atoms with van der Waals surface area (Å²) in [5.74, 6) is 0.706. The van der Waals surface area contributed by atoms with Crippen molar-refractivity contribution in [1.82, 2.24) is 4.98 Å². The summed E-state index contributed by atoms with van der Waals surface area (Å²) in [7, 11) is 0. The molecule has 1 aromatic carbocycles. The Balaban J connectivity index is 2.73. The Hall–Kier alpha value is -2.10. The van der Waals surface area contributed by atoms with E-state index in [0.29, 0.717) is 12.3 Å². The molecule has 0 bridgehead atoms. The zero-order chi connectivity index (χ0) is 12.4. The van der Waals surface area contributed by atoms with Crippen molar-refractivity contribution in [2.75, 3.05) is 6.61 Å². The third kappa shape index (κ3) is 2.06. The Morgan fingerprint density at radius 2 is 2.24 bits per heavy atom. The van der Waals surface area contributed by atoms with Crippen LogP contribution >= 0.6 is 0 Å². The van der Waals surface area contributed by atoms with Crippen molar-refractivity contribution in [1.29, 1.82) is 5.41 Å². The zero-order valence-electron chi connectivity index (χ0n) is 9.95. The highest BCUT2D eigenvalue weighted by Gasteiger charge is 2.09. The number of ether oxygens (including phenoxy) is 1. The molecule has 0 radical (unpaired) electrons. The maximum absolute atomic E-state index is 7.45. The lowest BCUT2D eigenvalue weighted by Gasteiger charge is -2.10. The smallest absolute Gasteiger partial charge is 0.145 e. The van der Waals surface area contributed by atoms with E-state index in [1.54, 1.807) is 0 Å². The highest BCUT2D eigenvalue weighted by molar-refractivity contribution is 5.97. The van der Waals surface area contributed by atoms with Crippen molar-refractivity contribution < 1.29 is 4.74 Å². The van der Waals surface area contributed by atoms with Crippen LogP contribution in [0.15, 0.2) is 24.3 Å². The molecular formula is C13H15N3O. The van der Waals surface area contributed by atoms with Crippen molar-refractivity contribution in [2.45, 2.75) is 13.8 Å². The number of hydrogen-bond donors (Lipinski definition) is 2. The number of aryl methyl sites for hydroxylation is 1. The largest absolute Gasteiger partial charge is 0.492 e. The minimum atomic E-state index is -0.0266. The molecule has 0 saturated heterocycles. The number of benzene rings is 1. The summed E-state index contributed by atoms with van der Waals surface area (Å²) in [6.07, 6.45) is 0. The molecule has 0 aliphatic rings. The van der Waals surface area contributed by atoms with Crippen LogP contribution in [0.4, 0.5) is 0 Å². The molecular weight excluding hydrogens is 214 g/mol. The Morgan fingerprint density at radius 3 is 2.88 bits per heavy atom. The van der Waals surface area contributed by atoms with Gasteiger partial charge in [-0.15, -0.1) is 0 Å². The van der Waals surface area contributed by atoms with Gasteiger partial charge >= 0.3 is 0 Å². The molecule has 4 nitrogen and oxygen atoms in total. The van der Waals surface area contributed by atoms with Gasteiger partial charge < -0.3 is 10.5 Å². The second kappa shape index (κ2) is 4.41. The Labute approximate surface area is 99.9 Å². The van der Waals surface area contributed by atoms with Crippen LogP contribution in [-0.4, -0.2) is 17.4 Å². The van der Waals surface area contributed by atoms with Crippen LogP contribution in [0.1, 0.15) is 18.2 Å². The molecule has 2 rings (SSSR count). The number of para-hydroxylation sites is 1. The SMILES string of the molecule is CCOc1cccc2c(C)cc(C(=N)N)nc12. The van der Waals surface area contributed by atoms with E-state index < -0.39 is 0 Å². The van der Waals surface area contributed by atoms with Gasteiger partial charge in [0.1, 0.15) is 22.8 Å². The lowest BCUT2D eigenvalue weighted by molar-refractivity contribution is 0.343. The summed E-state index contributed by atoms with van der Waals surface area (Å²) in [4.78, 5) is 4.38. The van der Waals surface area contributed by atoms with E-state index in [4.69, 9.17) is 15.9 Å². The molecule has 0 unspecified atom stereocenters. The van der Waals surface area contributed by atoms with Crippen molar-refractivity contribution in [3.63, 3.8) is 0 Å². The van der Waals surface area contributed by atoms with Gasteiger partial charge in [0, 0.05) is 5.39 Å². The second-order valence-corrected chi connectivity index (χ2v) is 3.82. The first-order chi connectivity index (χ1) is 8.13. The van der Waals surface area contributed by atoms with Crippen LogP contribution in [0.2, 0.25) is 0 Å². The van der Waals surface area contributed by atoms with Crippen molar-refractivity contribution >= 4 is 16.7 Å². The monoisotopic (exact) mass is 229 g/mol. The predicted molar refractivity (Wildman–Crippen MR) is 68.7 cm³/mol. The standard InChI is InChI=1S/C13H15N3O/c1-3-17-11-6-4-5-9-8(2)7-10(13(14)15)16-12(9)11/h4-7H,3H2,1-2H3,(H3,14,15). The molecule has 2 aromatic rings. The molecule has 0 saturated carbocycles. The van der Waals surface area contributed by atoms with E-state index in [2.05, 4.69) is 4.98 Å². The second-order valence-electron chi connectivity index (χ2n) is 3.82. The molecule has 0 atom stereocenters. The number of fused-ring (bicyclic) bond motifs is 1. The van der Waals surface area contributed by atoms with Crippen LogP contribution in [0.3, 0.4) is 0 Å². The number of nitrogens with zero attached hydrogens (tertiary/aromatic N) is 1. The number of nitrogens with two attached hydrogens (primary N) is 1. The first kappa shape index (κ1) is 11.4. The minimum absolute atomic E-state index is 0.0266. The van der Waals surface area contributed by atoms with E-state index in [0.717, 1.165) is 22.2 Å². The molecule has 0 aliphatic carbocycles. The summed E-state index contributed by atoms with van der Waals surface area (Å²) >= 11 is 0. The summed E-state index contributed by atoms with van der Waals surface area (Å²) in [5, 5.41) is 8.48. The molecule has 3 N–H and O–H groups in total. The fourth-order valence-electron chi connectivity index (χ4n) is 1.80. The number of nitrogens with one attached hydrogen (secondary N) is 1. The van der Waals surface area contributed by atoms with Gasteiger partial charge in [-0.25, -0.2) is 4.98 Å². The quantitative estimate of drug-likeness (QED) is 0.626. The number of nitrogen functional groups attached to an aromatic ring is 1. The topological polar surface area (TPSA) is 72.0 Å². The third-order valence-electron chi connectivity index (χ3n) is 2.59. The van der Waals surface area contributed by atoms with E-state index >= 15 is 0 Å². The first-order valence-electron chi connectivity index (χ1n) is 5.51. The Kier molecular flexibility index (Phi) is 2.95. The number of pyridine rings is 1. The zero-order valence-corrected chi connectivity index (χ0v) is 9.95. The van der Waals surface area contributed by atoms with Gasteiger partial charge in [0.2, 0.25) is 0 Å². The third-order valence-corrected chi connectivity index (χ3v) is 2.59. The van der Waals surface area contributed by atoms with Crippen LogP contribution in [0.25, 0.3) is 10.9 Å². The van der Waals surface area contributed by atoms with Gasteiger partial charge in [0.05, 0.1) is 6.61 Å².